The largest absolute Gasteiger partial charge is 0.384 e. The van der Waals surface area contributed by atoms with Crippen molar-refractivity contribution in [3.05, 3.63) is 53.0 Å². The average molecular weight is 227 g/mol. The first-order valence-corrected chi connectivity index (χ1v) is 5.79. The fraction of sp³-hybridized carbons (Fsp3) is 0.286. The minimum atomic E-state index is 0.553. The van der Waals surface area contributed by atoms with Gasteiger partial charge in [-0.05, 0) is 25.8 Å². The molecule has 0 aliphatic carbocycles. The zero-order valence-electron chi connectivity index (χ0n) is 10.3. The summed E-state index contributed by atoms with van der Waals surface area (Å²) in [7, 11) is 0. The molecule has 0 aliphatic heterocycles. The highest BCUT2D eigenvalue weighted by atomic mass is 14.9. The molecule has 0 saturated carbocycles. The number of hydrogen-bond donors (Lipinski definition) is 1. The standard InChI is InChI=1S/C14H17N3/c1-10-4-3-5-12(8-10)6-7-14-16-11(2)9-13(15)17-14/h3-5,8-9H,6-7H2,1-2H3,(H2,15,16,17). The van der Waals surface area contributed by atoms with Crippen LogP contribution in [0.3, 0.4) is 0 Å². The Labute approximate surface area is 102 Å². The number of rotatable bonds is 3. The molecule has 0 atom stereocenters. The third-order valence-electron chi connectivity index (χ3n) is 2.64. The molecule has 0 spiro atoms. The molecule has 0 radical (unpaired) electrons. The Bertz CT molecular complexity index is 500. The minimum absolute atomic E-state index is 0.553. The van der Waals surface area contributed by atoms with Gasteiger partial charge in [-0.15, -0.1) is 0 Å². The lowest BCUT2D eigenvalue weighted by atomic mass is 10.1. The number of nitrogens with two attached hydrogens (primary N) is 1. The van der Waals surface area contributed by atoms with Gasteiger partial charge in [0, 0.05) is 18.2 Å². The summed E-state index contributed by atoms with van der Waals surface area (Å²) in [5.41, 5.74) is 9.23. The molecule has 0 bridgehead atoms. The van der Waals surface area contributed by atoms with Gasteiger partial charge in [-0.3, -0.25) is 0 Å². The van der Waals surface area contributed by atoms with E-state index in [0.717, 1.165) is 24.4 Å². The van der Waals surface area contributed by atoms with Gasteiger partial charge in [0.05, 0.1) is 0 Å². The minimum Gasteiger partial charge on any atom is -0.384 e. The predicted molar refractivity (Wildman–Crippen MR) is 69.8 cm³/mol. The zero-order valence-corrected chi connectivity index (χ0v) is 10.3. The van der Waals surface area contributed by atoms with E-state index >= 15 is 0 Å². The first-order chi connectivity index (χ1) is 8.13. The van der Waals surface area contributed by atoms with Crippen molar-refractivity contribution in [2.45, 2.75) is 26.7 Å². The molecule has 0 amide bonds. The highest BCUT2D eigenvalue weighted by Gasteiger charge is 2.01. The zero-order chi connectivity index (χ0) is 12.3. The van der Waals surface area contributed by atoms with Crippen molar-refractivity contribution in [2.75, 3.05) is 5.73 Å². The monoisotopic (exact) mass is 227 g/mol. The Morgan fingerprint density at radius 1 is 1.06 bits per heavy atom. The van der Waals surface area contributed by atoms with Crippen molar-refractivity contribution >= 4 is 5.82 Å². The van der Waals surface area contributed by atoms with E-state index in [-0.39, 0.29) is 0 Å². The molecule has 2 N–H and O–H groups in total. The van der Waals surface area contributed by atoms with Gasteiger partial charge in [-0.2, -0.15) is 0 Å². The topological polar surface area (TPSA) is 51.8 Å². The molecule has 1 aromatic heterocycles. The number of anilines is 1. The summed E-state index contributed by atoms with van der Waals surface area (Å²) in [4.78, 5) is 8.62. The van der Waals surface area contributed by atoms with Crippen molar-refractivity contribution in [1.82, 2.24) is 9.97 Å². The second kappa shape index (κ2) is 4.95. The number of nitrogens with zero attached hydrogens (tertiary/aromatic N) is 2. The van der Waals surface area contributed by atoms with Gasteiger partial charge in [0.15, 0.2) is 0 Å². The van der Waals surface area contributed by atoms with Crippen molar-refractivity contribution in [3.63, 3.8) is 0 Å². The summed E-state index contributed by atoms with van der Waals surface area (Å²) < 4.78 is 0. The molecule has 1 heterocycles. The summed E-state index contributed by atoms with van der Waals surface area (Å²) in [5.74, 6) is 1.38. The quantitative estimate of drug-likeness (QED) is 0.876. The van der Waals surface area contributed by atoms with Crippen LogP contribution < -0.4 is 5.73 Å². The Morgan fingerprint density at radius 2 is 1.88 bits per heavy atom. The number of hydrogen-bond acceptors (Lipinski definition) is 3. The second-order valence-electron chi connectivity index (χ2n) is 4.34. The maximum absolute atomic E-state index is 5.70. The van der Waals surface area contributed by atoms with Crippen LogP contribution in [-0.4, -0.2) is 9.97 Å². The summed E-state index contributed by atoms with van der Waals surface area (Å²) in [6, 6.07) is 10.3. The van der Waals surface area contributed by atoms with Crippen molar-refractivity contribution in [3.8, 4) is 0 Å². The van der Waals surface area contributed by atoms with E-state index in [0.29, 0.717) is 5.82 Å². The average Bonchev–Trinajstić information content (AvgIpc) is 2.25. The highest BCUT2D eigenvalue weighted by molar-refractivity contribution is 5.29. The first kappa shape index (κ1) is 11.6. The van der Waals surface area contributed by atoms with Crippen molar-refractivity contribution in [1.29, 1.82) is 0 Å². The lowest BCUT2D eigenvalue weighted by molar-refractivity contribution is 0.849. The lowest BCUT2D eigenvalue weighted by Gasteiger charge is -2.04. The van der Waals surface area contributed by atoms with E-state index < -0.39 is 0 Å². The Balaban J connectivity index is 2.07. The molecule has 1 aromatic carbocycles. The van der Waals surface area contributed by atoms with Crippen LogP contribution in [0.25, 0.3) is 0 Å². The van der Waals surface area contributed by atoms with Gasteiger partial charge in [-0.1, -0.05) is 29.8 Å². The summed E-state index contributed by atoms with van der Waals surface area (Å²) in [6.07, 6.45) is 1.78. The van der Waals surface area contributed by atoms with Gasteiger partial charge in [-0.25, -0.2) is 9.97 Å². The highest BCUT2D eigenvalue weighted by Crippen LogP contribution is 2.08. The summed E-state index contributed by atoms with van der Waals surface area (Å²) >= 11 is 0. The fourth-order valence-electron chi connectivity index (χ4n) is 1.89. The Kier molecular flexibility index (Phi) is 3.38. The molecule has 3 nitrogen and oxygen atoms in total. The van der Waals surface area contributed by atoms with E-state index in [1.54, 1.807) is 6.07 Å². The normalized spacial score (nSPS) is 10.5. The molecular formula is C14H17N3. The van der Waals surface area contributed by atoms with Crippen molar-refractivity contribution < 1.29 is 0 Å². The molecule has 0 saturated heterocycles. The lowest BCUT2D eigenvalue weighted by Crippen LogP contribution is -2.03. The van der Waals surface area contributed by atoms with E-state index in [9.17, 15) is 0 Å². The maximum Gasteiger partial charge on any atom is 0.131 e. The van der Waals surface area contributed by atoms with Crippen LogP contribution in [-0.2, 0) is 12.8 Å². The van der Waals surface area contributed by atoms with Crippen LogP contribution in [0.2, 0.25) is 0 Å². The van der Waals surface area contributed by atoms with Crippen LogP contribution in [0.15, 0.2) is 30.3 Å². The van der Waals surface area contributed by atoms with Crippen molar-refractivity contribution in [2.24, 2.45) is 0 Å². The third kappa shape index (κ3) is 3.28. The van der Waals surface area contributed by atoms with Crippen LogP contribution >= 0.6 is 0 Å². The van der Waals surface area contributed by atoms with Crippen LogP contribution in [0.4, 0.5) is 5.82 Å². The molecule has 0 unspecified atom stereocenters. The molecule has 0 aliphatic rings. The van der Waals surface area contributed by atoms with Crippen LogP contribution in [0.5, 0.6) is 0 Å². The predicted octanol–water partition coefficient (Wildman–Crippen LogP) is 2.46. The Hall–Kier alpha value is -1.90. The molecule has 0 fully saturated rings. The molecule has 17 heavy (non-hydrogen) atoms. The second-order valence-corrected chi connectivity index (χ2v) is 4.34. The third-order valence-corrected chi connectivity index (χ3v) is 2.64. The van der Waals surface area contributed by atoms with E-state index in [1.807, 2.05) is 6.92 Å². The smallest absolute Gasteiger partial charge is 0.131 e. The molecule has 2 rings (SSSR count). The van der Waals surface area contributed by atoms with E-state index in [4.69, 9.17) is 5.73 Å². The first-order valence-electron chi connectivity index (χ1n) is 5.79. The van der Waals surface area contributed by atoms with Crippen LogP contribution in [0.1, 0.15) is 22.6 Å². The van der Waals surface area contributed by atoms with E-state index in [1.165, 1.54) is 11.1 Å². The molecule has 2 aromatic rings. The van der Waals surface area contributed by atoms with Gasteiger partial charge < -0.3 is 5.73 Å². The Morgan fingerprint density at radius 3 is 2.59 bits per heavy atom. The fourth-order valence-corrected chi connectivity index (χ4v) is 1.89. The number of benzene rings is 1. The van der Waals surface area contributed by atoms with E-state index in [2.05, 4.69) is 41.2 Å². The molecule has 3 heteroatoms. The molecular weight excluding hydrogens is 210 g/mol. The van der Waals surface area contributed by atoms with Gasteiger partial charge in [0.25, 0.3) is 0 Å². The van der Waals surface area contributed by atoms with Gasteiger partial charge in [0.2, 0.25) is 0 Å². The number of aromatic nitrogens is 2. The van der Waals surface area contributed by atoms with Gasteiger partial charge >= 0.3 is 0 Å². The van der Waals surface area contributed by atoms with Gasteiger partial charge in [0.1, 0.15) is 11.6 Å². The maximum atomic E-state index is 5.70. The summed E-state index contributed by atoms with van der Waals surface area (Å²) in [5, 5.41) is 0. The summed E-state index contributed by atoms with van der Waals surface area (Å²) in [6.45, 7) is 4.04. The SMILES string of the molecule is Cc1cccc(CCc2nc(C)cc(N)n2)c1. The molecule has 88 valence electrons. The number of aryl methyl sites for hydroxylation is 4. The van der Waals surface area contributed by atoms with Crippen LogP contribution in [0, 0.1) is 13.8 Å². The number of nitrogen functional groups attached to an aromatic ring is 1.